The fraction of sp³-hybridized carbons (Fsp3) is 0.929. The van der Waals surface area contributed by atoms with Crippen molar-refractivity contribution >= 4 is 5.91 Å². The van der Waals surface area contributed by atoms with Crippen molar-refractivity contribution in [3.05, 3.63) is 0 Å². The summed E-state index contributed by atoms with van der Waals surface area (Å²) >= 11 is 0. The second kappa shape index (κ2) is 13.5. The lowest BCUT2D eigenvalue weighted by molar-refractivity contribution is -0.118. The van der Waals surface area contributed by atoms with Crippen molar-refractivity contribution in [3.63, 3.8) is 0 Å². The van der Waals surface area contributed by atoms with Gasteiger partial charge in [0.15, 0.2) is 0 Å². The molecule has 0 aromatic heterocycles. The average Bonchev–Trinajstić information content (AvgIpc) is 2.22. The van der Waals surface area contributed by atoms with E-state index in [4.69, 9.17) is 5.73 Å². The minimum absolute atomic E-state index is 0.0729. The van der Waals surface area contributed by atoms with Crippen LogP contribution in [0.2, 0.25) is 0 Å². The maximum Gasteiger partial charge on any atom is 0.216 e. The highest BCUT2D eigenvalue weighted by Gasteiger charge is 1.93. The van der Waals surface area contributed by atoms with Gasteiger partial charge in [0, 0.05) is 13.5 Å². The van der Waals surface area contributed by atoms with Gasteiger partial charge in [-0.05, 0) is 44.1 Å². The van der Waals surface area contributed by atoms with E-state index in [1.165, 1.54) is 19.3 Å². The molecule has 3 heteroatoms. The van der Waals surface area contributed by atoms with Crippen LogP contribution in [-0.2, 0) is 4.79 Å². The number of nitrogens with one attached hydrogen (secondary N) is 1. The highest BCUT2D eigenvalue weighted by molar-refractivity contribution is 5.72. The molecular formula is C14H32N2O. The molecule has 0 rings (SSSR count). The van der Waals surface area contributed by atoms with Gasteiger partial charge >= 0.3 is 0 Å². The monoisotopic (exact) mass is 244 g/mol. The molecule has 0 bridgehead atoms. The number of hydrogen-bond donors (Lipinski definition) is 2. The molecule has 0 aliphatic heterocycles. The van der Waals surface area contributed by atoms with Gasteiger partial charge in [-0.2, -0.15) is 0 Å². The van der Waals surface area contributed by atoms with Gasteiger partial charge in [0.1, 0.15) is 0 Å². The van der Waals surface area contributed by atoms with Gasteiger partial charge in [-0.1, -0.05) is 27.7 Å². The molecule has 0 aliphatic carbocycles. The maximum absolute atomic E-state index is 10.4. The largest absolute Gasteiger partial charge is 0.356 e. The zero-order valence-corrected chi connectivity index (χ0v) is 12.4. The van der Waals surface area contributed by atoms with Crippen LogP contribution in [0.3, 0.4) is 0 Å². The Kier molecular flexibility index (Phi) is 14.9. The molecule has 0 aliphatic rings. The van der Waals surface area contributed by atoms with E-state index in [-0.39, 0.29) is 5.91 Å². The van der Waals surface area contributed by atoms with Crippen molar-refractivity contribution in [2.75, 3.05) is 13.1 Å². The molecule has 3 N–H and O–H groups in total. The van der Waals surface area contributed by atoms with E-state index in [1.54, 1.807) is 6.92 Å². The lowest BCUT2D eigenvalue weighted by Gasteiger charge is -2.03. The number of rotatable bonds is 7. The van der Waals surface area contributed by atoms with E-state index < -0.39 is 0 Å². The average molecular weight is 244 g/mol. The van der Waals surface area contributed by atoms with Crippen molar-refractivity contribution in [2.45, 2.75) is 60.3 Å². The summed E-state index contributed by atoms with van der Waals surface area (Å²) in [5.74, 6) is 1.64. The summed E-state index contributed by atoms with van der Waals surface area (Å²) in [5, 5.41) is 2.76. The normalized spacial score (nSPS) is 10.1. The van der Waals surface area contributed by atoms with Gasteiger partial charge in [0.05, 0.1) is 0 Å². The first kappa shape index (κ1) is 18.8. The lowest BCUT2D eigenvalue weighted by Crippen LogP contribution is -2.21. The summed E-state index contributed by atoms with van der Waals surface area (Å²) in [4.78, 5) is 10.4. The Bertz CT molecular complexity index is 168. The number of carbonyl (C=O) groups is 1. The summed E-state index contributed by atoms with van der Waals surface area (Å²) in [5.41, 5.74) is 5.28. The van der Waals surface area contributed by atoms with Crippen LogP contribution in [0.4, 0.5) is 0 Å². The summed E-state index contributed by atoms with van der Waals surface area (Å²) in [7, 11) is 0. The number of amides is 1. The highest BCUT2D eigenvalue weighted by Crippen LogP contribution is 2.01. The second-order valence-corrected chi connectivity index (χ2v) is 5.34. The minimum atomic E-state index is 0.0729. The van der Waals surface area contributed by atoms with Gasteiger partial charge in [-0.3, -0.25) is 4.79 Å². The number of nitrogens with two attached hydrogens (primary N) is 1. The van der Waals surface area contributed by atoms with Crippen LogP contribution >= 0.6 is 0 Å². The van der Waals surface area contributed by atoms with Crippen LogP contribution in [0, 0.1) is 11.8 Å². The van der Waals surface area contributed by atoms with Crippen molar-refractivity contribution in [1.82, 2.24) is 5.32 Å². The zero-order chi connectivity index (χ0) is 13.7. The minimum Gasteiger partial charge on any atom is -0.356 e. The number of hydrogen-bond acceptors (Lipinski definition) is 2. The van der Waals surface area contributed by atoms with Crippen LogP contribution in [-0.4, -0.2) is 19.0 Å². The SMILES string of the molecule is CC(=O)NCCCC(C)C.CC(C)CCCN. The van der Waals surface area contributed by atoms with Crippen LogP contribution in [0.1, 0.15) is 60.3 Å². The van der Waals surface area contributed by atoms with E-state index in [0.29, 0.717) is 0 Å². The Morgan fingerprint density at radius 1 is 1.06 bits per heavy atom. The maximum atomic E-state index is 10.4. The van der Waals surface area contributed by atoms with Gasteiger partial charge < -0.3 is 11.1 Å². The Morgan fingerprint density at radius 2 is 1.53 bits per heavy atom. The Morgan fingerprint density at radius 3 is 1.82 bits per heavy atom. The third kappa shape index (κ3) is 25.6. The van der Waals surface area contributed by atoms with E-state index in [2.05, 4.69) is 33.0 Å². The molecule has 0 saturated heterocycles. The van der Waals surface area contributed by atoms with Crippen molar-refractivity contribution in [2.24, 2.45) is 17.6 Å². The molecule has 0 fully saturated rings. The quantitative estimate of drug-likeness (QED) is 0.677. The topological polar surface area (TPSA) is 55.1 Å². The third-order valence-electron chi connectivity index (χ3n) is 2.32. The molecular weight excluding hydrogens is 212 g/mol. The molecule has 0 atom stereocenters. The third-order valence-corrected chi connectivity index (χ3v) is 2.32. The lowest BCUT2D eigenvalue weighted by atomic mass is 10.1. The van der Waals surface area contributed by atoms with E-state index >= 15 is 0 Å². The Hall–Kier alpha value is -0.570. The molecule has 17 heavy (non-hydrogen) atoms. The zero-order valence-electron chi connectivity index (χ0n) is 12.4. The first-order valence-electron chi connectivity index (χ1n) is 6.84. The molecule has 0 saturated carbocycles. The fourth-order valence-corrected chi connectivity index (χ4v) is 1.30. The van der Waals surface area contributed by atoms with Crippen LogP contribution in [0.5, 0.6) is 0 Å². The smallest absolute Gasteiger partial charge is 0.216 e. The molecule has 0 heterocycles. The Balaban J connectivity index is 0. The molecule has 0 radical (unpaired) electrons. The predicted octanol–water partition coefficient (Wildman–Crippen LogP) is 2.94. The van der Waals surface area contributed by atoms with Crippen LogP contribution < -0.4 is 11.1 Å². The Labute approximate surface area is 108 Å². The van der Waals surface area contributed by atoms with Gasteiger partial charge in [-0.15, -0.1) is 0 Å². The molecule has 104 valence electrons. The summed E-state index contributed by atoms with van der Waals surface area (Å²) in [6.45, 7) is 12.0. The number of carbonyl (C=O) groups excluding carboxylic acids is 1. The van der Waals surface area contributed by atoms with Crippen LogP contribution in [0.25, 0.3) is 0 Å². The summed E-state index contributed by atoms with van der Waals surface area (Å²) < 4.78 is 0. The molecule has 0 aromatic carbocycles. The fourth-order valence-electron chi connectivity index (χ4n) is 1.30. The van der Waals surface area contributed by atoms with E-state index in [1.807, 2.05) is 0 Å². The molecule has 3 nitrogen and oxygen atoms in total. The molecule has 0 aromatic rings. The molecule has 0 spiro atoms. The molecule has 0 unspecified atom stereocenters. The van der Waals surface area contributed by atoms with E-state index in [0.717, 1.165) is 31.3 Å². The van der Waals surface area contributed by atoms with Gasteiger partial charge in [-0.25, -0.2) is 0 Å². The van der Waals surface area contributed by atoms with E-state index in [9.17, 15) is 4.79 Å². The van der Waals surface area contributed by atoms with Crippen molar-refractivity contribution in [1.29, 1.82) is 0 Å². The van der Waals surface area contributed by atoms with Crippen molar-refractivity contribution in [3.8, 4) is 0 Å². The van der Waals surface area contributed by atoms with Gasteiger partial charge in [0.25, 0.3) is 0 Å². The predicted molar refractivity (Wildman–Crippen MR) is 75.9 cm³/mol. The van der Waals surface area contributed by atoms with Gasteiger partial charge in [0.2, 0.25) is 5.91 Å². The second-order valence-electron chi connectivity index (χ2n) is 5.34. The first-order valence-corrected chi connectivity index (χ1v) is 6.84. The summed E-state index contributed by atoms with van der Waals surface area (Å²) in [6.07, 6.45) is 4.74. The highest BCUT2D eigenvalue weighted by atomic mass is 16.1. The van der Waals surface area contributed by atoms with Crippen LogP contribution in [0.15, 0.2) is 0 Å². The standard InChI is InChI=1S/C8H17NO.C6H15N/c1-7(2)5-4-6-9-8(3)10;1-6(2)4-3-5-7/h7H,4-6H2,1-3H3,(H,9,10);6H,3-5,7H2,1-2H3. The molecule has 1 amide bonds. The first-order chi connectivity index (χ1) is 7.90. The summed E-state index contributed by atoms with van der Waals surface area (Å²) in [6, 6.07) is 0. The van der Waals surface area contributed by atoms with Crippen molar-refractivity contribution < 1.29 is 4.79 Å².